The Morgan fingerprint density at radius 3 is 2.48 bits per heavy atom. The Hall–Kier alpha value is -3.47. The van der Waals surface area contributed by atoms with Crippen LogP contribution in [0.2, 0.25) is 0 Å². The lowest BCUT2D eigenvalue weighted by Crippen LogP contribution is -2.41. The first-order valence-corrected chi connectivity index (χ1v) is 6.72. The highest BCUT2D eigenvalue weighted by Crippen LogP contribution is 2.22. The molecule has 2 amide bonds. The number of amides is 2. The quantitative estimate of drug-likeness (QED) is 0.791. The Morgan fingerprint density at radius 2 is 1.91 bits per heavy atom. The van der Waals surface area contributed by atoms with Gasteiger partial charge in [0.2, 0.25) is 11.9 Å². The highest BCUT2D eigenvalue weighted by molar-refractivity contribution is 6.11. The molecule has 2 heterocycles. The van der Waals surface area contributed by atoms with Crippen LogP contribution in [0, 0.1) is 11.3 Å². The summed E-state index contributed by atoms with van der Waals surface area (Å²) in [7, 11) is 1.39. The minimum absolute atomic E-state index is 0.0382. The zero-order valence-corrected chi connectivity index (χ0v) is 12.1. The number of rotatable bonds is 2. The normalized spacial score (nSPS) is 13.8. The molecule has 0 aliphatic carbocycles. The van der Waals surface area contributed by atoms with Gasteiger partial charge in [0.25, 0.3) is 11.5 Å². The van der Waals surface area contributed by atoms with Crippen molar-refractivity contribution in [3.05, 3.63) is 46.2 Å². The van der Waals surface area contributed by atoms with E-state index in [0.29, 0.717) is 5.56 Å². The van der Waals surface area contributed by atoms with Gasteiger partial charge in [-0.05, 0) is 0 Å². The summed E-state index contributed by atoms with van der Waals surface area (Å²) in [4.78, 5) is 39.9. The van der Waals surface area contributed by atoms with Gasteiger partial charge >= 0.3 is 0 Å². The molecule has 8 heteroatoms. The lowest BCUT2D eigenvalue weighted by molar-refractivity contribution is -0.122. The Morgan fingerprint density at radius 1 is 1.22 bits per heavy atom. The van der Waals surface area contributed by atoms with Crippen molar-refractivity contribution in [1.29, 1.82) is 5.26 Å². The van der Waals surface area contributed by atoms with Crippen LogP contribution < -0.4 is 16.0 Å². The molecule has 1 N–H and O–H groups in total. The maximum atomic E-state index is 12.4. The molecule has 8 nitrogen and oxygen atoms in total. The maximum absolute atomic E-state index is 12.4. The Balaban J connectivity index is 2.26. The van der Waals surface area contributed by atoms with Crippen LogP contribution in [0.3, 0.4) is 0 Å². The van der Waals surface area contributed by atoms with Crippen molar-refractivity contribution in [2.24, 2.45) is 7.05 Å². The standard InChI is InChI=1S/C15H11N5O3/c1-19-14(23)10(8-16)13(9-5-3-2-4-6-9)17-15(19)20-12(22)7-11(21)18-20/h2-6H,7H2,1H3,(H,18,21). The molecule has 23 heavy (non-hydrogen) atoms. The van der Waals surface area contributed by atoms with Gasteiger partial charge < -0.3 is 0 Å². The average molecular weight is 309 g/mol. The van der Waals surface area contributed by atoms with Gasteiger partial charge in [-0.2, -0.15) is 10.3 Å². The molecule has 2 aromatic rings. The van der Waals surface area contributed by atoms with E-state index in [4.69, 9.17) is 0 Å². The summed E-state index contributed by atoms with van der Waals surface area (Å²) in [6.45, 7) is 0. The number of aromatic nitrogens is 2. The number of anilines is 1. The van der Waals surface area contributed by atoms with Crippen molar-refractivity contribution >= 4 is 17.8 Å². The number of nitriles is 1. The zero-order chi connectivity index (χ0) is 16.6. The van der Waals surface area contributed by atoms with Crippen LogP contribution in [0.4, 0.5) is 5.95 Å². The van der Waals surface area contributed by atoms with E-state index in [1.165, 1.54) is 7.05 Å². The molecular weight excluding hydrogens is 298 g/mol. The molecule has 1 fully saturated rings. The summed E-state index contributed by atoms with van der Waals surface area (Å²) in [5.41, 5.74) is 2.36. The minimum atomic E-state index is -0.592. The zero-order valence-electron chi connectivity index (χ0n) is 12.1. The first-order valence-electron chi connectivity index (χ1n) is 6.72. The Labute approximate surface area is 130 Å². The molecule has 0 bridgehead atoms. The number of carbonyl (C=O) groups excluding carboxylic acids is 2. The topological polar surface area (TPSA) is 108 Å². The lowest BCUT2D eigenvalue weighted by Gasteiger charge is -2.18. The third kappa shape index (κ3) is 2.34. The molecule has 1 aromatic heterocycles. The second-order valence-corrected chi connectivity index (χ2v) is 4.92. The van der Waals surface area contributed by atoms with Gasteiger partial charge in [0.05, 0.1) is 5.69 Å². The van der Waals surface area contributed by atoms with Crippen LogP contribution in [-0.2, 0) is 16.6 Å². The number of nitrogens with zero attached hydrogens (tertiary/aromatic N) is 4. The predicted octanol–water partition coefficient (Wildman–Crippen LogP) is 0.0869. The largest absolute Gasteiger partial charge is 0.279 e. The summed E-state index contributed by atoms with van der Waals surface area (Å²) >= 11 is 0. The first-order chi connectivity index (χ1) is 11.0. The Bertz CT molecular complexity index is 911. The molecule has 1 saturated heterocycles. The fraction of sp³-hybridized carbons (Fsp3) is 0.133. The van der Waals surface area contributed by atoms with E-state index >= 15 is 0 Å². The third-order valence-electron chi connectivity index (χ3n) is 3.42. The van der Waals surface area contributed by atoms with E-state index in [9.17, 15) is 19.6 Å². The summed E-state index contributed by atoms with van der Waals surface area (Å²) in [5.74, 6) is -1.03. The fourth-order valence-corrected chi connectivity index (χ4v) is 2.30. The van der Waals surface area contributed by atoms with Crippen LogP contribution in [0.1, 0.15) is 12.0 Å². The molecule has 1 aliphatic rings. The molecule has 0 unspecified atom stereocenters. The van der Waals surface area contributed by atoms with E-state index in [0.717, 1.165) is 9.58 Å². The summed E-state index contributed by atoms with van der Waals surface area (Å²) in [6, 6.07) is 10.6. The highest BCUT2D eigenvalue weighted by Gasteiger charge is 2.32. The molecule has 0 spiro atoms. The lowest BCUT2D eigenvalue weighted by atomic mass is 10.1. The van der Waals surface area contributed by atoms with E-state index < -0.39 is 17.4 Å². The molecule has 0 radical (unpaired) electrons. The van der Waals surface area contributed by atoms with Gasteiger partial charge in [0, 0.05) is 12.6 Å². The number of benzene rings is 1. The number of carbonyl (C=O) groups is 2. The van der Waals surface area contributed by atoms with E-state index in [2.05, 4.69) is 10.4 Å². The van der Waals surface area contributed by atoms with Crippen molar-refractivity contribution < 1.29 is 9.59 Å². The van der Waals surface area contributed by atoms with E-state index in [-0.39, 0.29) is 23.6 Å². The molecule has 1 aromatic carbocycles. The highest BCUT2D eigenvalue weighted by atomic mass is 16.2. The predicted molar refractivity (Wildman–Crippen MR) is 79.9 cm³/mol. The second-order valence-electron chi connectivity index (χ2n) is 4.92. The van der Waals surface area contributed by atoms with E-state index in [1.807, 2.05) is 6.07 Å². The average Bonchev–Trinajstić information content (AvgIpc) is 2.89. The van der Waals surface area contributed by atoms with Crippen LogP contribution in [0.5, 0.6) is 0 Å². The van der Waals surface area contributed by atoms with Crippen molar-refractivity contribution in [1.82, 2.24) is 15.0 Å². The van der Waals surface area contributed by atoms with Crippen molar-refractivity contribution in [3.63, 3.8) is 0 Å². The smallest absolute Gasteiger partial charge is 0.273 e. The van der Waals surface area contributed by atoms with Gasteiger partial charge in [0.1, 0.15) is 18.1 Å². The number of hydrogen-bond donors (Lipinski definition) is 1. The third-order valence-corrected chi connectivity index (χ3v) is 3.42. The Kier molecular flexibility index (Phi) is 3.38. The van der Waals surface area contributed by atoms with Gasteiger partial charge in [-0.1, -0.05) is 30.3 Å². The molecule has 3 rings (SSSR count). The minimum Gasteiger partial charge on any atom is -0.279 e. The fourth-order valence-electron chi connectivity index (χ4n) is 2.30. The van der Waals surface area contributed by atoms with Crippen LogP contribution >= 0.6 is 0 Å². The second kappa shape index (κ2) is 5.38. The molecule has 0 atom stereocenters. The molecular formula is C15H11N5O3. The first kappa shape index (κ1) is 14.5. The molecule has 114 valence electrons. The number of hydrogen-bond acceptors (Lipinski definition) is 5. The SMILES string of the molecule is Cn1c(N2NC(=O)CC2=O)nc(-c2ccccc2)c(C#N)c1=O. The maximum Gasteiger partial charge on any atom is 0.273 e. The van der Waals surface area contributed by atoms with Crippen molar-refractivity contribution in [3.8, 4) is 17.3 Å². The van der Waals surface area contributed by atoms with E-state index in [1.54, 1.807) is 30.3 Å². The number of nitrogens with one attached hydrogen (secondary N) is 1. The van der Waals surface area contributed by atoms with Gasteiger partial charge in [-0.3, -0.25) is 24.4 Å². The van der Waals surface area contributed by atoms with Crippen molar-refractivity contribution in [2.45, 2.75) is 6.42 Å². The van der Waals surface area contributed by atoms with Crippen LogP contribution in [-0.4, -0.2) is 21.4 Å². The monoisotopic (exact) mass is 309 g/mol. The number of hydrazine groups is 1. The van der Waals surface area contributed by atoms with Crippen molar-refractivity contribution in [2.75, 3.05) is 5.01 Å². The molecule has 1 aliphatic heterocycles. The summed E-state index contributed by atoms with van der Waals surface area (Å²) < 4.78 is 1.06. The molecule has 0 saturated carbocycles. The van der Waals surface area contributed by atoms with Gasteiger partial charge in [-0.15, -0.1) is 0 Å². The van der Waals surface area contributed by atoms with Crippen LogP contribution in [0.15, 0.2) is 35.1 Å². The van der Waals surface area contributed by atoms with Crippen LogP contribution in [0.25, 0.3) is 11.3 Å². The van der Waals surface area contributed by atoms with Gasteiger partial charge in [-0.25, -0.2) is 4.98 Å². The summed E-state index contributed by atoms with van der Waals surface area (Å²) in [6.07, 6.45) is -0.309. The summed E-state index contributed by atoms with van der Waals surface area (Å²) in [5, 5.41) is 10.2. The van der Waals surface area contributed by atoms with Gasteiger partial charge in [0.15, 0.2) is 0 Å².